The zero-order valence-electron chi connectivity index (χ0n) is 8.59. The van der Waals surface area contributed by atoms with E-state index in [1.165, 1.54) is 5.56 Å². The highest BCUT2D eigenvalue weighted by atomic mass is 19.1. The van der Waals surface area contributed by atoms with Gasteiger partial charge < -0.3 is 4.74 Å². The SMILES string of the molecule is CC(C)c1cc(C2COC2)ccc1F. The number of ether oxygens (including phenoxy) is 1. The van der Waals surface area contributed by atoms with Gasteiger partial charge in [-0.3, -0.25) is 0 Å². The molecule has 1 aromatic rings. The average Bonchev–Trinajstić information content (AvgIpc) is 2.04. The fourth-order valence-electron chi connectivity index (χ4n) is 1.69. The van der Waals surface area contributed by atoms with Crippen molar-refractivity contribution in [3.63, 3.8) is 0 Å². The summed E-state index contributed by atoms with van der Waals surface area (Å²) >= 11 is 0. The molecule has 0 bridgehead atoms. The lowest BCUT2D eigenvalue weighted by Crippen LogP contribution is -2.25. The van der Waals surface area contributed by atoms with Crippen LogP contribution in [-0.2, 0) is 4.74 Å². The van der Waals surface area contributed by atoms with Crippen molar-refractivity contribution in [1.82, 2.24) is 0 Å². The highest BCUT2D eigenvalue weighted by Gasteiger charge is 2.21. The third-order valence-electron chi connectivity index (χ3n) is 2.75. The van der Waals surface area contributed by atoms with Gasteiger partial charge in [-0.25, -0.2) is 4.39 Å². The molecular weight excluding hydrogens is 179 g/mol. The largest absolute Gasteiger partial charge is 0.380 e. The van der Waals surface area contributed by atoms with E-state index in [2.05, 4.69) is 0 Å². The van der Waals surface area contributed by atoms with Gasteiger partial charge in [-0.05, 0) is 23.1 Å². The van der Waals surface area contributed by atoms with Gasteiger partial charge >= 0.3 is 0 Å². The van der Waals surface area contributed by atoms with Crippen molar-refractivity contribution in [3.05, 3.63) is 35.1 Å². The molecule has 0 radical (unpaired) electrons. The quantitative estimate of drug-likeness (QED) is 0.703. The maximum atomic E-state index is 13.4. The van der Waals surface area contributed by atoms with Crippen LogP contribution in [0.1, 0.15) is 36.8 Å². The van der Waals surface area contributed by atoms with Crippen LogP contribution in [-0.4, -0.2) is 13.2 Å². The smallest absolute Gasteiger partial charge is 0.126 e. The zero-order chi connectivity index (χ0) is 10.1. The van der Waals surface area contributed by atoms with E-state index in [4.69, 9.17) is 4.74 Å². The van der Waals surface area contributed by atoms with Gasteiger partial charge in [-0.1, -0.05) is 26.0 Å². The predicted molar refractivity (Wildman–Crippen MR) is 54.0 cm³/mol. The van der Waals surface area contributed by atoms with Crippen LogP contribution >= 0.6 is 0 Å². The summed E-state index contributed by atoms with van der Waals surface area (Å²) in [6, 6.07) is 5.42. The van der Waals surface area contributed by atoms with Gasteiger partial charge in [0.05, 0.1) is 13.2 Å². The summed E-state index contributed by atoms with van der Waals surface area (Å²) in [5.41, 5.74) is 2.02. The second-order valence-electron chi connectivity index (χ2n) is 4.17. The second-order valence-corrected chi connectivity index (χ2v) is 4.17. The van der Waals surface area contributed by atoms with Gasteiger partial charge in [0.2, 0.25) is 0 Å². The van der Waals surface area contributed by atoms with E-state index in [9.17, 15) is 4.39 Å². The molecule has 1 heterocycles. The van der Waals surface area contributed by atoms with Crippen molar-refractivity contribution in [2.24, 2.45) is 0 Å². The Balaban J connectivity index is 2.30. The van der Waals surface area contributed by atoms with E-state index in [1.54, 1.807) is 6.07 Å². The molecule has 1 aliphatic heterocycles. The van der Waals surface area contributed by atoms with Gasteiger partial charge in [0, 0.05) is 5.92 Å². The van der Waals surface area contributed by atoms with Gasteiger partial charge in [-0.15, -0.1) is 0 Å². The molecule has 0 amide bonds. The molecule has 0 aromatic heterocycles. The van der Waals surface area contributed by atoms with Crippen molar-refractivity contribution in [2.75, 3.05) is 13.2 Å². The number of benzene rings is 1. The monoisotopic (exact) mass is 194 g/mol. The first kappa shape index (κ1) is 9.66. The minimum absolute atomic E-state index is 0.0935. The third kappa shape index (κ3) is 1.67. The summed E-state index contributed by atoms with van der Waals surface area (Å²) in [4.78, 5) is 0. The van der Waals surface area contributed by atoms with Gasteiger partial charge in [0.1, 0.15) is 5.82 Å². The zero-order valence-corrected chi connectivity index (χ0v) is 8.59. The van der Waals surface area contributed by atoms with Crippen LogP contribution in [0.15, 0.2) is 18.2 Å². The fourth-order valence-corrected chi connectivity index (χ4v) is 1.69. The Kier molecular flexibility index (Phi) is 2.55. The minimum atomic E-state index is -0.0935. The summed E-state index contributed by atoms with van der Waals surface area (Å²) in [6.45, 7) is 5.59. The predicted octanol–water partition coefficient (Wildman–Crippen LogP) is 3.06. The Bertz CT molecular complexity index is 329. The first-order chi connectivity index (χ1) is 6.68. The lowest BCUT2D eigenvalue weighted by molar-refractivity contribution is 0.00836. The van der Waals surface area contributed by atoms with Crippen molar-refractivity contribution in [1.29, 1.82) is 0 Å². The summed E-state index contributed by atoms with van der Waals surface area (Å²) in [5.74, 6) is 0.632. The highest BCUT2D eigenvalue weighted by molar-refractivity contribution is 5.30. The molecule has 0 atom stereocenters. The van der Waals surface area contributed by atoms with E-state index in [-0.39, 0.29) is 11.7 Å². The van der Waals surface area contributed by atoms with Crippen molar-refractivity contribution < 1.29 is 9.13 Å². The van der Waals surface area contributed by atoms with Gasteiger partial charge in [-0.2, -0.15) is 0 Å². The molecule has 1 aromatic carbocycles. The standard InChI is InChI=1S/C12H15FO/c1-8(2)11-5-9(3-4-12(11)13)10-6-14-7-10/h3-5,8,10H,6-7H2,1-2H3. The molecule has 1 fully saturated rings. The molecule has 1 nitrogen and oxygen atoms in total. The summed E-state index contributed by atoms with van der Waals surface area (Å²) in [5, 5.41) is 0. The Morgan fingerprint density at radius 2 is 2.07 bits per heavy atom. The molecule has 1 saturated heterocycles. The topological polar surface area (TPSA) is 9.23 Å². The van der Waals surface area contributed by atoms with E-state index >= 15 is 0 Å². The van der Waals surface area contributed by atoms with Crippen LogP contribution in [0.4, 0.5) is 4.39 Å². The highest BCUT2D eigenvalue weighted by Crippen LogP contribution is 2.28. The van der Waals surface area contributed by atoms with E-state index in [0.29, 0.717) is 5.92 Å². The van der Waals surface area contributed by atoms with Crippen LogP contribution < -0.4 is 0 Å². The molecule has 76 valence electrons. The number of halogens is 1. The molecule has 0 N–H and O–H groups in total. The summed E-state index contributed by atoms with van der Waals surface area (Å²) in [7, 11) is 0. The van der Waals surface area contributed by atoms with Crippen molar-refractivity contribution in [2.45, 2.75) is 25.7 Å². The Morgan fingerprint density at radius 3 is 2.57 bits per heavy atom. The van der Waals surface area contributed by atoms with Crippen molar-refractivity contribution in [3.8, 4) is 0 Å². The first-order valence-corrected chi connectivity index (χ1v) is 5.05. The first-order valence-electron chi connectivity index (χ1n) is 5.05. The molecule has 0 spiro atoms. The van der Waals surface area contributed by atoms with Crippen molar-refractivity contribution >= 4 is 0 Å². The molecule has 1 aliphatic rings. The van der Waals surface area contributed by atoms with Crippen LogP contribution in [0.2, 0.25) is 0 Å². The van der Waals surface area contributed by atoms with E-state index in [1.807, 2.05) is 26.0 Å². The normalized spacial score (nSPS) is 17.1. The molecule has 2 rings (SSSR count). The lowest BCUT2D eigenvalue weighted by Gasteiger charge is -2.27. The van der Waals surface area contributed by atoms with Gasteiger partial charge in [0.15, 0.2) is 0 Å². The van der Waals surface area contributed by atoms with Crippen LogP contribution in [0.3, 0.4) is 0 Å². The van der Waals surface area contributed by atoms with Crippen LogP contribution in [0.25, 0.3) is 0 Å². The second kappa shape index (κ2) is 3.70. The Morgan fingerprint density at radius 1 is 1.36 bits per heavy atom. The molecule has 0 unspecified atom stereocenters. The third-order valence-corrected chi connectivity index (χ3v) is 2.75. The summed E-state index contributed by atoms with van der Waals surface area (Å²) in [6.07, 6.45) is 0. The average molecular weight is 194 g/mol. The maximum absolute atomic E-state index is 13.4. The Hall–Kier alpha value is -0.890. The Labute approximate surface area is 83.9 Å². The molecular formula is C12H15FO. The maximum Gasteiger partial charge on any atom is 0.126 e. The van der Waals surface area contributed by atoms with Crippen LogP contribution in [0.5, 0.6) is 0 Å². The van der Waals surface area contributed by atoms with Gasteiger partial charge in [0.25, 0.3) is 0 Å². The van der Waals surface area contributed by atoms with E-state index < -0.39 is 0 Å². The number of hydrogen-bond acceptors (Lipinski definition) is 1. The van der Waals surface area contributed by atoms with Crippen LogP contribution in [0, 0.1) is 5.82 Å². The molecule has 14 heavy (non-hydrogen) atoms. The molecule has 0 saturated carbocycles. The molecule has 0 aliphatic carbocycles. The molecule has 2 heteroatoms. The fraction of sp³-hybridized carbons (Fsp3) is 0.500. The number of rotatable bonds is 2. The summed E-state index contributed by atoms with van der Waals surface area (Å²) < 4.78 is 18.5. The van der Waals surface area contributed by atoms with E-state index in [0.717, 1.165) is 18.8 Å². The number of hydrogen-bond donors (Lipinski definition) is 0. The minimum Gasteiger partial charge on any atom is -0.380 e. The lowest BCUT2D eigenvalue weighted by atomic mass is 9.92.